The van der Waals surface area contributed by atoms with E-state index in [4.69, 9.17) is 4.55 Å². The number of thioether (sulfide) groups is 1. The quantitative estimate of drug-likeness (QED) is 0.646. The second-order valence-corrected chi connectivity index (χ2v) is 8.34. The fourth-order valence-electron chi connectivity index (χ4n) is 2.03. The summed E-state index contributed by atoms with van der Waals surface area (Å²) in [4.78, 5) is 1.20. The SMILES string of the molecule is CS/C(C)=C\c1sc2ccccc2[n+]1CCCS(=O)(=O)O. The van der Waals surface area contributed by atoms with Crippen molar-refractivity contribution in [2.24, 2.45) is 0 Å². The Kier molecular flexibility index (Phi) is 5.43. The third-order valence-electron chi connectivity index (χ3n) is 3.07. The average molecular weight is 345 g/mol. The van der Waals surface area contributed by atoms with Gasteiger partial charge in [-0.3, -0.25) is 4.55 Å². The average Bonchev–Trinajstić information content (AvgIpc) is 2.75. The summed E-state index contributed by atoms with van der Waals surface area (Å²) in [6, 6.07) is 8.07. The van der Waals surface area contributed by atoms with Gasteiger partial charge in [0.2, 0.25) is 5.52 Å². The van der Waals surface area contributed by atoms with Gasteiger partial charge in [-0.15, -0.1) is 11.8 Å². The zero-order valence-electron chi connectivity index (χ0n) is 11.9. The van der Waals surface area contributed by atoms with Crippen LogP contribution < -0.4 is 4.57 Å². The van der Waals surface area contributed by atoms with Crippen molar-refractivity contribution in [2.45, 2.75) is 19.9 Å². The predicted octanol–water partition coefficient (Wildman–Crippen LogP) is 3.19. The number of nitrogens with zero attached hydrogens (tertiary/aromatic N) is 1. The summed E-state index contributed by atoms with van der Waals surface area (Å²) in [6.07, 6.45) is 4.54. The molecule has 0 spiro atoms. The molecule has 1 heterocycles. The highest BCUT2D eigenvalue weighted by atomic mass is 32.2. The maximum atomic E-state index is 10.9. The molecule has 1 aromatic heterocycles. The van der Waals surface area contributed by atoms with E-state index >= 15 is 0 Å². The number of aryl methyl sites for hydroxylation is 1. The molecule has 1 aromatic carbocycles. The second kappa shape index (κ2) is 6.91. The lowest BCUT2D eigenvalue weighted by molar-refractivity contribution is -0.668. The molecule has 7 heteroatoms. The largest absolute Gasteiger partial charge is 0.286 e. The van der Waals surface area contributed by atoms with Gasteiger partial charge in [0, 0.05) is 18.6 Å². The monoisotopic (exact) mass is 344 g/mol. The van der Waals surface area contributed by atoms with Crippen LogP contribution >= 0.6 is 23.1 Å². The zero-order valence-corrected chi connectivity index (χ0v) is 14.4. The highest BCUT2D eigenvalue weighted by molar-refractivity contribution is 8.02. The highest BCUT2D eigenvalue weighted by Crippen LogP contribution is 2.24. The number of allylic oxidation sites excluding steroid dienone is 1. The molecule has 4 nitrogen and oxygen atoms in total. The fraction of sp³-hybridized carbons (Fsp3) is 0.357. The minimum Gasteiger partial charge on any atom is -0.286 e. The van der Waals surface area contributed by atoms with Crippen LogP contribution in [-0.4, -0.2) is 25.0 Å². The first-order chi connectivity index (χ1) is 9.90. The Hall–Kier alpha value is -0.890. The second-order valence-electron chi connectivity index (χ2n) is 4.66. The lowest BCUT2D eigenvalue weighted by Gasteiger charge is -1.98. The van der Waals surface area contributed by atoms with E-state index < -0.39 is 10.1 Å². The summed E-state index contributed by atoms with van der Waals surface area (Å²) >= 11 is 3.37. The molecule has 0 aliphatic heterocycles. The van der Waals surface area contributed by atoms with E-state index in [9.17, 15) is 8.42 Å². The van der Waals surface area contributed by atoms with Crippen molar-refractivity contribution >= 4 is 49.5 Å². The normalized spacial score (nSPS) is 13.0. The Morgan fingerprint density at radius 1 is 1.43 bits per heavy atom. The number of para-hydroxylation sites is 1. The van der Waals surface area contributed by atoms with Crippen LogP contribution in [0.5, 0.6) is 0 Å². The van der Waals surface area contributed by atoms with Crippen LogP contribution in [0.3, 0.4) is 0 Å². The molecule has 0 atom stereocenters. The van der Waals surface area contributed by atoms with Gasteiger partial charge in [-0.2, -0.15) is 13.0 Å². The summed E-state index contributed by atoms with van der Waals surface area (Å²) in [7, 11) is -3.90. The van der Waals surface area contributed by atoms with Gasteiger partial charge in [-0.25, -0.2) is 0 Å². The van der Waals surface area contributed by atoms with Crippen molar-refractivity contribution < 1.29 is 17.5 Å². The molecule has 0 saturated carbocycles. The van der Waals surface area contributed by atoms with Gasteiger partial charge in [0.1, 0.15) is 4.70 Å². The maximum Gasteiger partial charge on any atom is 0.265 e. The zero-order chi connectivity index (χ0) is 15.5. The van der Waals surface area contributed by atoms with Gasteiger partial charge in [0.15, 0.2) is 6.54 Å². The molecule has 0 aliphatic rings. The van der Waals surface area contributed by atoms with Crippen LogP contribution in [0.15, 0.2) is 29.2 Å². The Morgan fingerprint density at radius 2 is 2.14 bits per heavy atom. The smallest absolute Gasteiger partial charge is 0.265 e. The number of aromatic nitrogens is 1. The predicted molar refractivity (Wildman–Crippen MR) is 90.2 cm³/mol. The minimum absolute atomic E-state index is 0.213. The first-order valence-corrected chi connectivity index (χ1v) is 10.1. The first-order valence-electron chi connectivity index (χ1n) is 6.49. The maximum absolute atomic E-state index is 10.9. The van der Waals surface area contributed by atoms with Crippen molar-refractivity contribution in [1.29, 1.82) is 0 Å². The van der Waals surface area contributed by atoms with E-state index in [1.807, 2.05) is 24.5 Å². The lowest BCUT2D eigenvalue weighted by Crippen LogP contribution is -2.36. The third kappa shape index (κ3) is 4.54. The van der Waals surface area contributed by atoms with Crippen molar-refractivity contribution in [3.05, 3.63) is 34.2 Å². The Bertz CT molecular complexity index is 763. The standard InChI is InChI=1S/C14H17NO3S3/c1-11(19-2)10-14-15(8-5-9-21(16,17)18)12-6-3-4-7-13(12)20-14/h3-4,6-7,10H,5,8-9H2,1-2H3/p+1/b11-10-. The van der Waals surface area contributed by atoms with Gasteiger partial charge in [-0.1, -0.05) is 23.5 Å². The van der Waals surface area contributed by atoms with E-state index in [0.717, 1.165) is 10.5 Å². The van der Waals surface area contributed by atoms with Crippen LogP contribution in [0.25, 0.3) is 16.3 Å². The Morgan fingerprint density at radius 3 is 2.81 bits per heavy atom. The van der Waals surface area contributed by atoms with Gasteiger partial charge >= 0.3 is 0 Å². The molecule has 114 valence electrons. The molecular weight excluding hydrogens is 326 g/mol. The molecular formula is C14H18NO3S3+. The van der Waals surface area contributed by atoms with Crippen LogP contribution in [0.1, 0.15) is 18.4 Å². The summed E-state index contributed by atoms with van der Waals surface area (Å²) < 4.78 is 33.9. The van der Waals surface area contributed by atoms with Gasteiger partial charge < -0.3 is 0 Å². The van der Waals surface area contributed by atoms with Crippen LogP contribution in [0, 0.1) is 0 Å². The Labute approximate surface area is 133 Å². The first kappa shape index (κ1) is 16.5. The van der Waals surface area contributed by atoms with E-state index in [1.165, 1.54) is 9.61 Å². The van der Waals surface area contributed by atoms with Gasteiger partial charge in [0.05, 0.1) is 5.75 Å². The lowest BCUT2D eigenvalue weighted by atomic mass is 10.3. The van der Waals surface area contributed by atoms with Crippen molar-refractivity contribution in [3.8, 4) is 0 Å². The molecule has 2 aromatic rings. The molecule has 0 fully saturated rings. The topological polar surface area (TPSA) is 58.2 Å². The number of hydrogen-bond donors (Lipinski definition) is 1. The van der Waals surface area contributed by atoms with Gasteiger partial charge in [-0.05, 0) is 24.2 Å². The summed E-state index contributed by atoms with van der Waals surface area (Å²) in [5.74, 6) is -0.213. The minimum atomic E-state index is -3.90. The van der Waals surface area contributed by atoms with Gasteiger partial charge in [0.25, 0.3) is 15.1 Å². The van der Waals surface area contributed by atoms with E-state index in [-0.39, 0.29) is 5.75 Å². The van der Waals surface area contributed by atoms with Crippen LogP contribution in [0.4, 0.5) is 0 Å². The Balaban J connectivity index is 2.36. The number of rotatable bonds is 6. The molecule has 21 heavy (non-hydrogen) atoms. The number of benzene rings is 1. The van der Waals surface area contributed by atoms with E-state index in [0.29, 0.717) is 13.0 Å². The number of fused-ring (bicyclic) bond motifs is 1. The molecule has 0 bridgehead atoms. The summed E-state index contributed by atoms with van der Waals surface area (Å²) in [5.41, 5.74) is 1.10. The number of hydrogen-bond acceptors (Lipinski definition) is 4. The summed E-state index contributed by atoms with van der Waals surface area (Å²) in [6.45, 7) is 2.62. The molecule has 0 radical (unpaired) electrons. The van der Waals surface area contributed by atoms with Crippen molar-refractivity contribution in [1.82, 2.24) is 0 Å². The van der Waals surface area contributed by atoms with E-state index in [2.05, 4.69) is 23.6 Å². The number of thiazole rings is 1. The van der Waals surface area contributed by atoms with Crippen LogP contribution in [-0.2, 0) is 16.7 Å². The van der Waals surface area contributed by atoms with E-state index in [1.54, 1.807) is 23.1 Å². The fourth-order valence-corrected chi connectivity index (χ4v) is 4.02. The third-order valence-corrected chi connectivity index (χ3v) is 5.75. The molecule has 0 saturated heterocycles. The van der Waals surface area contributed by atoms with Crippen molar-refractivity contribution in [2.75, 3.05) is 12.0 Å². The molecule has 0 amide bonds. The molecule has 1 N–H and O–H groups in total. The van der Waals surface area contributed by atoms with Crippen LogP contribution in [0.2, 0.25) is 0 Å². The molecule has 2 rings (SSSR count). The van der Waals surface area contributed by atoms with Crippen molar-refractivity contribution in [3.63, 3.8) is 0 Å². The molecule has 0 unspecified atom stereocenters. The summed E-state index contributed by atoms with van der Waals surface area (Å²) in [5, 5.41) is 1.10. The molecule has 0 aliphatic carbocycles. The highest BCUT2D eigenvalue weighted by Gasteiger charge is 2.19.